The number of nitrogens with zero attached hydrogens (tertiary/aromatic N) is 2. The normalized spacial score (nSPS) is 18.7. The van der Waals surface area contributed by atoms with E-state index in [1.54, 1.807) is 17.0 Å². The Morgan fingerprint density at radius 3 is 2.50 bits per heavy atom. The molecule has 0 aliphatic carbocycles. The molecule has 8 heteroatoms. The molecule has 122 valence electrons. The maximum Gasteiger partial charge on any atom is 0.243 e. The van der Waals surface area contributed by atoms with Crippen molar-refractivity contribution < 1.29 is 13.2 Å². The number of anilines is 1. The lowest BCUT2D eigenvalue weighted by Crippen LogP contribution is -2.46. The molecule has 1 amide bonds. The van der Waals surface area contributed by atoms with Gasteiger partial charge in [-0.2, -0.15) is 4.31 Å². The summed E-state index contributed by atoms with van der Waals surface area (Å²) < 4.78 is 26.8. The van der Waals surface area contributed by atoms with E-state index >= 15 is 0 Å². The fourth-order valence-electron chi connectivity index (χ4n) is 2.88. The van der Waals surface area contributed by atoms with E-state index < -0.39 is 10.0 Å². The fourth-order valence-corrected chi connectivity index (χ4v) is 4.34. The molecule has 6 nitrogen and oxygen atoms in total. The summed E-state index contributed by atoms with van der Waals surface area (Å²) in [6.07, 6.45) is 0.781. The number of piperazine rings is 1. The van der Waals surface area contributed by atoms with Crippen molar-refractivity contribution in [2.45, 2.75) is 18.2 Å². The zero-order valence-electron chi connectivity index (χ0n) is 12.4. The highest BCUT2D eigenvalue weighted by molar-refractivity contribution is 7.89. The van der Waals surface area contributed by atoms with Crippen LogP contribution >= 0.6 is 12.4 Å². The molecule has 1 saturated heterocycles. The summed E-state index contributed by atoms with van der Waals surface area (Å²) in [7, 11) is -3.48. The first kappa shape index (κ1) is 17.2. The highest BCUT2D eigenvalue weighted by Gasteiger charge is 2.29. The molecular formula is C14H20ClN3O3S. The minimum atomic E-state index is -3.48. The predicted molar refractivity (Wildman–Crippen MR) is 87.0 cm³/mol. The zero-order valence-corrected chi connectivity index (χ0v) is 14.0. The van der Waals surface area contributed by atoms with Crippen molar-refractivity contribution >= 4 is 34.0 Å². The number of halogens is 1. The Kier molecular flexibility index (Phi) is 5.11. The molecule has 2 aliphatic heterocycles. The summed E-state index contributed by atoms with van der Waals surface area (Å²) in [6, 6.07) is 5.12. The van der Waals surface area contributed by atoms with E-state index in [0.717, 1.165) is 17.7 Å². The van der Waals surface area contributed by atoms with Gasteiger partial charge in [0.15, 0.2) is 0 Å². The second kappa shape index (κ2) is 6.54. The first-order valence-electron chi connectivity index (χ1n) is 7.12. The Balaban J connectivity index is 0.00000176. The standard InChI is InChI=1S/C14H19N3O3S.ClH/c1-11(18)17-7-4-12-2-3-13(10-14(12)17)21(19,20)16-8-5-15-6-9-16;/h2-3,10,15H,4-9H2,1H3;1H. The summed E-state index contributed by atoms with van der Waals surface area (Å²) in [4.78, 5) is 13.5. The predicted octanol–water partition coefficient (Wildman–Crippen LogP) is 0.611. The van der Waals surface area contributed by atoms with Gasteiger partial charge in [-0.05, 0) is 24.1 Å². The van der Waals surface area contributed by atoms with Crippen molar-refractivity contribution in [1.29, 1.82) is 0 Å². The molecule has 1 fully saturated rings. The van der Waals surface area contributed by atoms with E-state index in [1.807, 2.05) is 6.07 Å². The smallest absolute Gasteiger partial charge is 0.243 e. The van der Waals surface area contributed by atoms with Crippen LogP contribution in [0.15, 0.2) is 23.1 Å². The van der Waals surface area contributed by atoms with Gasteiger partial charge in [0.25, 0.3) is 0 Å². The van der Waals surface area contributed by atoms with Crippen LogP contribution in [-0.2, 0) is 21.2 Å². The van der Waals surface area contributed by atoms with E-state index in [0.29, 0.717) is 32.7 Å². The van der Waals surface area contributed by atoms with Crippen LogP contribution in [0.4, 0.5) is 5.69 Å². The quantitative estimate of drug-likeness (QED) is 0.852. The van der Waals surface area contributed by atoms with E-state index in [2.05, 4.69) is 5.32 Å². The molecule has 2 aliphatic rings. The third-order valence-electron chi connectivity index (χ3n) is 4.05. The lowest BCUT2D eigenvalue weighted by atomic mass is 10.2. The third-order valence-corrected chi connectivity index (χ3v) is 5.94. The van der Waals surface area contributed by atoms with Gasteiger partial charge < -0.3 is 10.2 Å². The SMILES string of the molecule is CC(=O)N1CCc2ccc(S(=O)(=O)N3CCNCC3)cc21.Cl. The molecule has 0 radical (unpaired) electrons. The number of benzene rings is 1. The molecule has 1 N–H and O–H groups in total. The lowest BCUT2D eigenvalue weighted by Gasteiger charge is -2.27. The second-order valence-corrected chi connectivity index (χ2v) is 7.30. The van der Waals surface area contributed by atoms with Crippen molar-refractivity contribution in [3.63, 3.8) is 0 Å². The number of carbonyl (C=O) groups excluding carboxylic acids is 1. The summed E-state index contributed by atoms with van der Waals surface area (Å²) in [6.45, 7) is 4.44. The average molecular weight is 346 g/mol. The minimum Gasteiger partial charge on any atom is -0.314 e. The first-order chi connectivity index (χ1) is 10.00. The minimum absolute atomic E-state index is 0. The van der Waals surface area contributed by atoms with Gasteiger partial charge in [-0.15, -0.1) is 12.4 Å². The Bertz CT molecular complexity index is 672. The summed E-state index contributed by atoms with van der Waals surface area (Å²) in [5, 5.41) is 3.14. The van der Waals surface area contributed by atoms with Gasteiger partial charge >= 0.3 is 0 Å². The molecule has 0 spiro atoms. The molecular weight excluding hydrogens is 326 g/mol. The van der Waals surface area contributed by atoms with Gasteiger partial charge in [-0.1, -0.05) is 6.07 Å². The molecule has 2 heterocycles. The van der Waals surface area contributed by atoms with Crippen molar-refractivity contribution in [3.05, 3.63) is 23.8 Å². The largest absolute Gasteiger partial charge is 0.314 e. The lowest BCUT2D eigenvalue weighted by molar-refractivity contribution is -0.116. The van der Waals surface area contributed by atoms with Crippen LogP contribution in [0.25, 0.3) is 0 Å². The number of sulfonamides is 1. The van der Waals surface area contributed by atoms with E-state index in [4.69, 9.17) is 0 Å². The van der Waals surface area contributed by atoms with E-state index in [1.165, 1.54) is 11.2 Å². The Labute approximate surface area is 136 Å². The van der Waals surface area contributed by atoms with Gasteiger partial charge in [0.05, 0.1) is 4.90 Å². The van der Waals surface area contributed by atoms with E-state index in [9.17, 15) is 13.2 Å². The zero-order chi connectivity index (χ0) is 15.0. The summed E-state index contributed by atoms with van der Waals surface area (Å²) in [5.41, 5.74) is 1.77. The average Bonchev–Trinajstić information content (AvgIpc) is 2.91. The maximum atomic E-state index is 12.7. The molecule has 1 aromatic rings. The molecule has 1 aromatic carbocycles. The Morgan fingerprint density at radius 2 is 1.86 bits per heavy atom. The Hall–Kier alpha value is -1.15. The number of fused-ring (bicyclic) bond motifs is 1. The van der Waals surface area contributed by atoms with Crippen LogP contribution in [-0.4, -0.2) is 51.4 Å². The molecule has 0 saturated carbocycles. The van der Waals surface area contributed by atoms with Crippen LogP contribution in [0.3, 0.4) is 0 Å². The Morgan fingerprint density at radius 1 is 1.18 bits per heavy atom. The molecule has 0 atom stereocenters. The number of amides is 1. The van der Waals surface area contributed by atoms with Crippen molar-refractivity contribution in [3.8, 4) is 0 Å². The van der Waals surface area contributed by atoms with Gasteiger partial charge in [-0.25, -0.2) is 8.42 Å². The van der Waals surface area contributed by atoms with Gasteiger partial charge in [-0.3, -0.25) is 4.79 Å². The number of carbonyl (C=O) groups is 1. The highest BCUT2D eigenvalue weighted by atomic mass is 35.5. The number of rotatable bonds is 2. The first-order valence-corrected chi connectivity index (χ1v) is 8.56. The van der Waals surface area contributed by atoms with Gasteiger partial charge in [0, 0.05) is 45.3 Å². The van der Waals surface area contributed by atoms with Crippen molar-refractivity contribution in [2.75, 3.05) is 37.6 Å². The number of hydrogen-bond acceptors (Lipinski definition) is 4. The van der Waals surface area contributed by atoms with Crippen LogP contribution in [0.2, 0.25) is 0 Å². The molecule has 22 heavy (non-hydrogen) atoms. The maximum absolute atomic E-state index is 12.7. The molecule has 0 bridgehead atoms. The highest BCUT2D eigenvalue weighted by Crippen LogP contribution is 2.31. The fraction of sp³-hybridized carbons (Fsp3) is 0.500. The molecule has 0 unspecified atom stereocenters. The van der Waals surface area contributed by atoms with Gasteiger partial charge in [0.1, 0.15) is 0 Å². The third kappa shape index (κ3) is 2.99. The summed E-state index contributed by atoms with van der Waals surface area (Å²) >= 11 is 0. The second-order valence-electron chi connectivity index (χ2n) is 5.37. The number of nitrogens with one attached hydrogen (secondary N) is 1. The number of hydrogen-bond donors (Lipinski definition) is 1. The monoisotopic (exact) mass is 345 g/mol. The van der Waals surface area contributed by atoms with Crippen LogP contribution in [0.1, 0.15) is 12.5 Å². The molecule has 3 rings (SSSR count). The van der Waals surface area contributed by atoms with Crippen molar-refractivity contribution in [1.82, 2.24) is 9.62 Å². The topological polar surface area (TPSA) is 69.7 Å². The van der Waals surface area contributed by atoms with Crippen molar-refractivity contribution in [2.24, 2.45) is 0 Å². The van der Waals surface area contributed by atoms with Gasteiger partial charge in [0.2, 0.25) is 15.9 Å². The van der Waals surface area contributed by atoms with Crippen LogP contribution in [0, 0.1) is 0 Å². The van der Waals surface area contributed by atoms with Crippen LogP contribution < -0.4 is 10.2 Å². The molecule has 0 aromatic heterocycles. The summed E-state index contributed by atoms with van der Waals surface area (Å²) in [5.74, 6) is -0.0505. The van der Waals surface area contributed by atoms with Crippen LogP contribution in [0.5, 0.6) is 0 Å². The van der Waals surface area contributed by atoms with E-state index in [-0.39, 0.29) is 23.2 Å².